The molecule has 0 amide bonds. The van der Waals surface area contributed by atoms with Crippen LogP contribution in [0.25, 0.3) is 0 Å². The molecule has 21 heavy (non-hydrogen) atoms. The van der Waals surface area contributed by atoms with E-state index in [0.29, 0.717) is 12.5 Å². The molecule has 4 nitrogen and oxygen atoms in total. The van der Waals surface area contributed by atoms with Crippen LogP contribution in [0, 0.1) is 0 Å². The van der Waals surface area contributed by atoms with Crippen LogP contribution in [0.1, 0.15) is 37.3 Å². The zero-order valence-electron chi connectivity index (χ0n) is 13.0. The SMILES string of the molecule is COC(=O)Cc1ccccc1CN1CCCCC1C(C)N. The average Bonchev–Trinajstić information content (AvgIpc) is 2.49. The molecule has 2 unspecified atom stereocenters. The highest BCUT2D eigenvalue weighted by Gasteiger charge is 2.25. The lowest BCUT2D eigenvalue weighted by Crippen LogP contribution is -2.48. The van der Waals surface area contributed by atoms with E-state index in [4.69, 9.17) is 10.5 Å². The lowest BCUT2D eigenvalue weighted by molar-refractivity contribution is -0.139. The van der Waals surface area contributed by atoms with Crippen LogP contribution in [-0.4, -0.2) is 36.6 Å². The molecule has 1 saturated heterocycles. The molecule has 0 saturated carbocycles. The maximum Gasteiger partial charge on any atom is 0.309 e. The monoisotopic (exact) mass is 290 g/mol. The molecular formula is C17H26N2O2. The molecule has 0 aromatic heterocycles. The van der Waals surface area contributed by atoms with Gasteiger partial charge in [0.05, 0.1) is 13.5 Å². The fourth-order valence-electron chi connectivity index (χ4n) is 3.14. The molecule has 2 N–H and O–H groups in total. The largest absolute Gasteiger partial charge is 0.469 e. The molecular weight excluding hydrogens is 264 g/mol. The van der Waals surface area contributed by atoms with E-state index in [2.05, 4.69) is 17.9 Å². The molecule has 0 bridgehead atoms. The highest BCUT2D eigenvalue weighted by Crippen LogP contribution is 2.23. The summed E-state index contributed by atoms with van der Waals surface area (Å²) < 4.78 is 4.79. The second kappa shape index (κ2) is 7.57. The fraction of sp³-hybridized carbons (Fsp3) is 0.588. The Morgan fingerprint density at radius 2 is 2.10 bits per heavy atom. The van der Waals surface area contributed by atoms with Crippen molar-refractivity contribution in [2.45, 2.75) is 51.2 Å². The predicted octanol–water partition coefficient (Wildman–Crippen LogP) is 2.10. The van der Waals surface area contributed by atoms with Crippen LogP contribution in [0.2, 0.25) is 0 Å². The number of carbonyl (C=O) groups is 1. The van der Waals surface area contributed by atoms with E-state index in [9.17, 15) is 4.79 Å². The van der Waals surface area contributed by atoms with Crippen LogP contribution in [0.5, 0.6) is 0 Å². The van der Waals surface area contributed by atoms with Gasteiger partial charge in [-0.3, -0.25) is 9.69 Å². The summed E-state index contributed by atoms with van der Waals surface area (Å²) in [6.45, 7) is 4.03. The van der Waals surface area contributed by atoms with E-state index in [1.807, 2.05) is 18.2 Å². The molecule has 1 heterocycles. The van der Waals surface area contributed by atoms with Crippen molar-refractivity contribution >= 4 is 5.97 Å². The smallest absolute Gasteiger partial charge is 0.309 e. The summed E-state index contributed by atoms with van der Waals surface area (Å²) in [5.41, 5.74) is 8.39. The summed E-state index contributed by atoms with van der Waals surface area (Å²) >= 11 is 0. The Hall–Kier alpha value is -1.39. The summed E-state index contributed by atoms with van der Waals surface area (Å²) in [5.74, 6) is -0.190. The number of hydrogen-bond acceptors (Lipinski definition) is 4. The van der Waals surface area contributed by atoms with Gasteiger partial charge in [0.25, 0.3) is 0 Å². The Morgan fingerprint density at radius 3 is 2.76 bits per heavy atom. The number of carbonyl (C=O) groups excluding carboxylic acids is 1. The van der Waals surface area contributed by atoms with Gasteiger partial charge in [0, 0.05) is 18.6 Å². The quantitative estimate of drug-likeness (QED) is 0.844. The minimum atomic E-state index is -0.190. The number of rotatable bonds is 5. The van der Waals surface area contributed by atoms with Crippen LogP contribution in [-0.2, 0) is 22.5 Å². The minimum Gasteiger partial charge on any atom is -0.469 e. The first-order valence-electron chi connectivity index (χ1n) is 7.75. The number of nitrogens with zero attached hydrogens (tertiary/aromatic N) is 1. The Bertz CT molecular complexity index is 474. The third-order valence-corrected chi connectivity index (χ3v) is 4.33. The van der Waals surface area contributed by atoms with Gasteiger partial charge in [0.2, 0.25) is 0 Å². The average molecular weight is 290 g/mol. The van der Waals surface area contributed by atoms with Crippen molar-refractivity contribution in [1.82, 2.24) is 4.90 Å². The Balaban J connectivity index is 2.12. The van der Waals surface area contributed by atoms with Crippen molar-refractivity contribution in [2.75, 3.05) is 13.7 Å². The van der Waals surface area contributed by atoms with Crippen molar-refractivity contribution in [2.24, 2.45) is 5.73 Å². The molecule has 1 aliphatic rings. The van der Waals surface area contributed by atoms with Crippen molar-refractivity contribution in [3.8, 4) is 0 Å². The molecule has 1 aromatic rings. The lowest BCUT2D eigenvalue weighted by Gasteiger charge is -2.38. The molecule has 1 aromatic carbocycles. The Morgan fingerprint density at radius 1 is 1.38 bits per heavy atom. The van der Waals surface area contributed by atoms with Gasteiger partial charge in [-0.05, 0) is 37.4 Å². The Kier molecular flexibility index (Phi) is 5.76. The fourth-order valence-corrected chi connectivity index (χ4v) is 3.14. The van der Waals surface area contributed by atoms with Crippen molar-refractivity contribution < 1.29 is 9.53 Å². The predicted molar refractivity (Wildman–Crippen MR) is 83.9 cm³/mol. The van der Waals surface area contributed by atoms with Crippen molar-refractivity contribution in [3.05, 3.63) is 35.4 Å². The molecule has 1 aliphatic heterocycles. The highest BCUT2D eigenvalue weighted by atomic mass is 16.5. The van der Waals surface area contributed by atoms with Crippen LogP contribution in [0.3, 0.4) is 0 Å². The maximum atomic E-state index is 11.5. The molecule has 0 aliphatic carbocycles. The third-order valence-electron chi connectivity index (χ3n) is 4.33. The number of esters is 1. The molecule has 0 radical (unpaired) electrons. The number of piperidine rings is 1. The normalized spacial score (nSPS) is 21.0. The first-order valence-corrected chi connectivity index (χ1v) is 7.75. The summed E-state index contributed by atoms with van der Waals surface area (Å²) in [6, 6.07) is 8.73. The van der Waals surface area contributed by atoms with E-state index in [-0.39, 0.29) is 12.0 Å². The molecule has 2 atom stereocenters. The third kappa shape index (κ3) is 4.29. The van der Waals surface area contributed by atoms with E-state index in [0.717, 1.165) is 25.1 Å². The van der Waals surface area contributed by atoms with Gasteiger partial charge >= 0.3 is 5.97 Å². The second-order valence-electron chi connectivity index (χ2n) is 5.91. The summed E-state index contributed by atoms with van der Waals surface area (Å²) in [5, 5.41) is 0. The van der Waals surface area contributed by atoms with Crippen molar-refractivity contribution in [1.29, 1.82) is 0 Å². The van der Waals surface area contributed by atoms with Crippen LogP contribution >= 0.6 is 0 Å². The molecule has 4 heteroatoms. The van der Waals surface area contributed by atoms with E-state index < -0.39 is 0 Å². The minimum absolute atomic E-state index is 0.179. The van der Waals surface area contributed by atoms with E-state index in [1.165, 1.54) is 25.5 Å². The first-order chi connectivity index (χ1) is 10.1. The van der Waals surface area contributed by atoms with Gasteiger partial charge in [-0.2, -0.15) is 0 Å². The van der Waals surface area contributed by atoms with Crippen LogP contribution < -0.4 is 5.73 Å². The summed E-state index contributed by atoms with van der Waals surface area (Å²) in [4.78, 5) is 14.0. The number of nitrogens with two attached hydrogens (primary N) is 1. The summed E-state index contributed by atoms with van der Waals surface area (Å²) in [6.07, 6.45) is 3.98. The number of likely N-dealkylation sites (tertiary alicyclic amines) is 1. The topological polar surface area (TPSA) is 55.6 Å². The number of methoxy groups -OCH3 is 1. The van der Waals surface area contributed by atoms with Crippen LogP contribution in [0.15, 0.2) is 24.3 Å². The number of benzene rings is 1. The Labute approximate surface area is 127 Å². The molecule has 2 rings (SSSR count). The molecule has 1 fully saturated rings. The molecule has 0 spiro atoms. The lowest BCUT2D eigenvalue weighted by atomic mass is 9.95. The van der Waals surface area contributed by atoms with Crippen LogP contribution in [0.4, 0.5) is 0 Å². The summed E-state index contributed by atoms with van der Waals surface area (Å²) in [7, 11) is 1.43. The first kappa shape index (κ1) is 16.0. The molecule has 116 valence electrons. The zero-order valence-corrected chi connectivity index (χ0v) is 13.0. The van der Waals surface area contributed by atoms with Gasteiger partial charge in [-0.25, -0.2) is 0 Å². The van der Waals surface area contributed by atoms with Gasteiger partial charge in [-0.15, -0.1) is 0 Å². The van der Waals surface area contributed by atoms with Gasteiger partial charge in [0.15, 0.2) is 0 Å². The van der Waals surface area contributed by atoms with E-state index in [1.54, 1.807) is 0 Å². The number of ether oxygens (including phenoxy) is 1. The maximum absolute atomic E-state index is 11.5. The standard InChI is InChI=1S/C17H26N2O2/c1-13(18)16-9-5-6-10-19(16)12-15-8-4-3-7-14(15)11-17(20)21-2/h3-4,7-8,13,16H,5-6,9-12,18H2,1-2H3. The van der Waals surface area contributed by atoms with Crippen molar-refractivity contribution in [3.63, 3.8) is 0 Å². The highest BCUT2D eigenvalue weighted by molar-refractivity contribution is 5.72. The van der Waals surface area contributed by atoms with Gasteiger partial charge in [-0.1, -0.05) is 30.7 Å². The second-order valence-corrected chi connectivity index (χ2v) is 5.91. The number of hydrogen-bond donors (Lipinski definition) is 1. The van der Waals surface area contributed by atoms with E-state index >= 15 is 0 Å². The zero-order chi connectivity index (χ0) is 15.2. The van der Waals surface area contributed by atoms with Gasteiger partial charge in [0.1, 0.15) is 0 Å². The van der Waals surface area contributed by atoms with Gasteiger partial charge < -0.3 is 10.5 Å².